The molecule has 0 bridgehead atoms. The van der Waals surface area contributed by atoms with Gasteiger partial charge in [-0.15, -0.1) is 0 Å². The number of amides is 1. The summed E-state index contributed by atoms with van der Waals surface area (Å²) in [7, 11) is 1.89. The number of fused-ring (bicyclic) bond motifs is 1. The average molecular weight is 388 g/mol. The van der Waals surface area contributed by atoms with E-state index in [-0.39, 0.29) is 18.5 Å². The van der Waals surface area contributed by atoms with Crippen molar-refractivity contribution in [3.63, 3.8) is 0 Å². The minimum Gasteiger partial charge on any atom is -0.480 e. The molecule has 154 valence electrons. The first-order valence-corrected chi connectivity index (χ1v) is 10.5. The topological polar surface area (TPSA) is 72.9 Å². The van der Waals surface area contributed by atoms with E-state index in [0.29, 0.717) is 12.5 Å². The Morgan fingerprint density at radius 1 is 1.18 bits per heavy atom. The van der Waals surface area contributed by atoms with Crippen molar-refractivity contribution >= 4 is 11.9 Å². The number of aryl methyl sites for hydroxylation is 1. The van der Waals surface area contributed by atoms with Gasteiger partial charge in [-0.05, 0) is 69.8 Å². The van der Waals surface area contributed by atoms with E-state index in [1.54, 1.807) is 0 Å². The second kappa shape index (κ2) is 10.0. The summed E-state index contributed by atoms with van der Waals surface area (Å²) in [4.78, 5) is 27.8. The number of carbonyl (C=O) groups is 2. The lowest BCUT2D eigenvalue weighted by molar-refractivity contribution is -0.138. The molecule has 1 fully saturated rings. The number of likely N-dealkylation sites (tertiary alicyclic amines) is 1. The van der Waals surface area contributed by atoms with Crippen LogP contribution in [0, 0.1) is 0 Å². The van der Waals surface area contributed by atoms with Crippen LogP contribution in [0.5, 0.6) is 0 Å². The monoisotopic (exact) mass is 387 g/mol. The predicted octanol–water partition coefficient (Wildman–Crippen LogP) is 2.44. The second-order valence-electron chi connectivity index (χ2n) is 8.20. The van der Waals surface area contributed by atoms with Gasteiger partial charge in [-0.1, -0.05) is 24.3 Å². The minimum atomic E-state index is -0.774. The molecule has 1 aliphatic heterocycles. The normalized spacial score (nSPS) is 23.1. The maximum Gasteiger partial charge on any atom is 0.317 e. The highest BCUT2D eigenvalue weighted by molar-refractivity contribution is 5.76. The van der Waals surface area contributed by atoms with Gasteiger partial charge < -0.3 is 15.3 Å². The van der Waals surface area contributed by atoms with Gasteiger partial charge in [0.05, 0.1) is 12.6 Å². The molecule has 1 saturated heterocycles. The van der Waals surface area contributed by atoms with Crippen molar-refractivity contribution < 1.29 is 14.7 Å². The number of carboxylic acid groups (broad SMARTS) is 1. The SMILES string of the molecule is CN(CC(=O)O)C1CCCN(CCC(=O)NC2CCCc3ccccc32)CC1. The van der Waals surface area contributed by atoms with E-state index in [2.05, 4.69) is 34.5 Å². The lowest BCUT2D eigenvalue weighted by atomic mass is 9.87. The van der Waals surface area contributed by atoms with Crippen molar-refractivity contribution in [2.75, 3.05) is 33.2 Å². The van der Waals surface area contributed by atoms with E-state index < -0.39 is 5.97 Å². The molecule has 2 atom stereocenters. The van der Waals surface area contributed by atoms with Crippen LogP contribution in [0.25, 0.3) is 0 Å². The summed E-state index contributed by atoms with van der Waals surface area (Å²) in [6.07, 6.45) is 6.80. The molecule has 3 rings (SSSR count). The largest absolute Gasteiger partial charge is 0.480 e. The summed E-state index contributed by atoms with van der Waals surface area (Å²) in [5.74, 6) is -0.643. The lowest BCUT2D eigenvalue weighted by Gasteiger charge is -2.27. The van der Waals surface area contributed by atoms with Crippen molar-refractivity contribution in [2.24, 2.45) is 0 Å². The molecule has 1 amide bonds. The summed E-state index contributed by atoms with van der Waals surface area (Å²) in [5.41, 5.74) is 2.64. The molecule has 6 heteroatoms. The zero-order valence-corrected chi connectivity index (χ0v) is 16.9. The fraction of sp³-hybridized carbons (Fsp3) is 0.636. The smallest absolute Gasteiger partial charge is 0.317 e. The van der Waals surface area contributed by atoms with Crippen molar-refractivity contribution in [1.82, 2.24) is 15.1 Å². The first kappa shape index (κ1) is 20.8. The van der Waals surface area contributed by atoms with Crippen LogP contribution in [-0.4, -0.2) is 66.1 Å². The highest BCUT2D eigenvalue weighted by atomic mass is 16.4. The van der Waals surface area contributed by atoms with Crippen LogP contribution >= 0.6 is 0 Å². The molecular formula is C22H33N3O3. The number of nitrogens with zero attached hydrogens (tertiary/aromatic N) is 2. The number of hydrogen-bond donors (Lipinski definition) is 2. The molecule has 2 unspecified atom stereocenters. The number of rotatable bonds is 7. The summed E-state index contributed by atoms with van der Waals surface area (Å²) >= 11 is 0. The third-order valence-corrected chi connectivity index (χ3v) is 6.16. The zero-order chi connectivity index (χ0) is 19.9. The van der Waals surface area contributed by atoms with Gasteiger partial charge in [0.25, 0.3) is 0 Å². The Morgan fingerprint density at radius 2 is 2.00 bits per heavy atom. The van der Waals surface area contributed by atoms with Gasteiger partial charge in [-0.2, -0.15) is 0 Å². The Labute approximate surface area is 167 Å². The molecule has 0 saturated carbocycles. The molecule has 0 spiro atoms. The van der Waals surface area contributed by atoms with Crippen LogP contribution in [0.4, 0.5) is 0 Å². The van der Waals surface area contributed by atoms with Crippen molar-refractivity contribution in [3.8, 4) is 0 Å². The number of benzene rings is 1. The Hall–Kier alpha value is -1.92. The van der Waals surface area contributed by atoms with E-state index in [4.69, 9.17) is 5.11 Å². The van der Waals surface area contributed by atoms with Crippen molar-refractivity contribution in [3.05, 3.63) is 35.4 Å². The highest BCUT2D eigenvalue weighted by Crippen LogP contribution is 2.29. The quantitative estimate of drug-likeness (QED) is 0.752. The maximum atomic E-state index is 12.5. The van der Waals surface area contributed by atoms with Crippen molar-refractivity contribution in [2.45, 2.75) is 57.0 Å². The standard InChI is InChI=1S/C22H33N3O3/c1-24(16-22(27)28)18-8-5-13-25(14-11-18)15-12-21(26)23-20-10-4-7-17-6-2-3-9-19(17)20/h2-3,6,9,18,20H,4-5,7-8,10-16H2,1H3,(H,23,26)(H,27,28). The summed E-state index contributed by atoms with van der Waals surface area (Å²) in [6.45, 7) is 2.77. The summed E-state index contributed by atoms with van der Waals surface area (Å²) in [5, 5.41) is 12.2. The average Bonchev–Trinajstić information content (AvgIpc) is 2.92. The van der Waals surface area contributed by atoms with E-state index in [1.165, 1.54) is 11.1 Å². The molecule has 28 heavy (non-hydrogen) atoms. The first-order chi connectivity index (χ1) is 13.5. The zero-order valence-electron chi connectivity index (χ0n) is 16.9. The van der Waals surface area contributed by atoms with E-state index >= 15 is 0 Å². The fourth-order valence-corrected chi connectivity index (χ4v) is 4.58. The van der Waals surface area contributed by atoms with Gasteiger partial charge >= 0.3 is 5.97 Å². The molecular weight excluding hydrogens is 354 g/mol. The molecule has 0 radical (unpaired) electrons. The summed E-state index contributed by atoms with van der Waals surface area (Å²) in [6, 6.07) is 8.90. The molecule has 2 aliphatic rings. The van der Waals surface area contributed by atoms with Crippen LogP contribution in [-0.2, 0) is 16.0 Å². The Balaban J connectivity index is 1.43. The van der Waals surface area contributed by atoms with Gasteiger partial charge in [-0.3, -0.25) is 14.5 Å². The molecule has 0 aromatic heterocycles. The second-order valence-corrected chi connectivity index (χ2v) is 8.20. The number of likely N-dealkylation sites (N-methyl/N-ethyl adjacent to an activating group) is 1. The molecule has 1 aromatic carbocycles. The number of carboxylic acids is 1. The van der Waals surface area contributed by atoms with Crippen LogP contribution < -0.4 is 5.32 Å². The third kappa shape index (κ3) is 5.79. The fourth-order valence-electron chi connectivity index (χ4n) is 4.58. The lowest BCUT2D eigenvalue weighted by Crippen LogP contribution is -2.37. The van der Waals surface area contributed by atoms with Crippen LogP contribution in [0.1, 0.15) is 55.7 Å². The van der Waals surface area contributed by atoms with E-state index in [0.717, 1.165) is 58.2 Å². The molecule has 2 N–H and O–H groups in total. The number of nitrogens with one attached hydrogen (secondary N) is 1. The molecule has 1 heterocycles. The van der Waals surface area contributed by atoms with E-state index in [9.17, 15) is 9.59 Å². The third-order valence-electron chi connectivity index (χ3n) is 6.16. The van der Waals surface area contributed by atoms with Crippen LogP contribution in [0.15, 0.2) is 24.3 Å². The van der Waals surface area contributed by atoms with Crippen LogP contribution in [0.2, 0.25) is 0 Å². The minimum absolute atomic E-state index is 0.0932. The van der Waals surface area contributed by atoms with Gasteiger partial charge in [0.2, 0.25) is 5.91 Å². The number of hydrogen-bond acceptors (Lipinski definition) is 4. The number of carbonyl (C=O) groups excluding carboxylic acids is 1. The maximum absolute atomic E-state index is 12.5. The van der Waals surface area contributed by atoms with Gasteiger partial charge in [-0.25, -0.2) is 0 Å². The molecule has 1 aromatic rings. The number of aliphatic carboxylic acids is 1. The Kier molecular flexibility index (Phi) is 7.45. The van der Waals surface area contributed by atoms with Gasteiger partial charge in [0, 0.05) is 19.0 Å². The predicted molar refractivity (Wildman–Crippen MR) is 109 cm³/mol. The first-order valence-electron chi connectivity index (χ1n) is 10.5. The van der Waals surface area contributed by atoms with Gasteiger partial charge in [0.1, 0.15) is 0 Å². The van der Waals surface area contributed by atoms with E-state index in [1.807, 2.05) is 11.9 Å². The molecule has 6 nitrogen and oxygen atoms in total. The van der Waals surface area contributed by atoms with Crippen LogP contribution in [0.3, 0.4) is 0 Å². The molecule has 1 aliphatic carbocycles. The Morgan fingerprint density at radius 3 is 2.82 bits per heavy atom. The van der Waals surface area contributed by atoms with Gasteiger partial charge in [0.15, 0.2) is 0 Å². The highest BCUT2D eigenvalue weighted by Gasteiger charge is 2.23. The Bertz CT molecular complexity index is 679. The van der Waals surface area contributed by atoms with Crippen molar-refractivity contribution in [1.29, 1.82) is 0 Å². The summed E-state index contributed by atoms with van der Waals surface area (Å²) < 4.78 is 0.